The van der Waals surface area contributed by atoms with Crippen molar-refractivity contribution in [1.82, 2.24) is 9.88 Å². The van der Waals surface area contributed by atoms with Gasteiger partial charge in [0.1, 0.15) is 5.01 Å². The number of esters is 1. The Balaban J connectivity index is 1.59. The monoisotopic (exact) mass is 330 g/mol. The summed E-state index contributed by atoms with van der Waals surface area (Å²) in [5.74, 6) is -0.683. The van der Waals surface area contributed by atoms with E-state index in [-0.39, 0.29) is 18.2 Å². The zero-order valence-corrected chi connectivity index (χ0v) is 13.8. The molecule has 0 atom stereocenters. The summed E-state index contributed by atoms with van der Waals surface area (Å²) in [6.45, 7) is 3.32. The zero-order valence-electron chi connectivity index (χ0n) is 12.9. The van der Waals surface area contributed by atoms with Gasteiger partial charge in [0.05, 0.1) is 0 Å². The summed E-state index contributed by atoms with van der Waals surface area (Å²) in [4.78, 5) is 29.9. The number of thiazole rings is 1. The molecule has 1 aromatic heterocycles. The van der Waals surface area contributed by atoms with Crippen molar-refractivity contribution < 1.29 is 14.3 Å². The predicted octanol–water partition coefficient (Wildman–Crippen LogP) is 2.90. The Kier molecular flexibility index (Phi) is 4.71. The van der Waals surface area contributed by atoms with Gasteiger partial charge in [-0.2, -0.15) is 0 Å². The van der Waals surface area contributed by atoms with E-state index in [1.165, 1.54) is 16.9 Å². The van der Waals surface area contributed by atoms with Crippen LogP contribution in [0.15, 0.2) is 29.6 Å². The predicted molar refractivity (Wildman–Crippen MR) is 88.4 cm³/mol. The highest BCUT2D eigenvalue weighted by Crippen LogP contribution is 2.24. The first kappa shape index (κ1) is 15.7. The van der Waals surface area contributed by atoms with Crippen LogP contribution in [0.2, 0.25) is 0 Å². The van der Waals surface area contributed by atoms with Crippen LogP contribution >= 0.6 is 11.3 Å². The van der Waals surface area contributed by atoms with Gasteiger partial charge in [0.2, 0.25) is 0 Å². The molecule has 0 saturated carbocycles. The summed E-state index contributed by atoms with van der Waals surface area (Å²) in [5, 5.41) is 2.43. The van der Waals surface area contributed by atoms with E-state index >= 15 is 0 Å². The second-order valence-electron chi connectivity index (χ2n) is 5.57. The van der Waals surface area contributed by atoms with Crippen molar-refractivity contribution >= 4 is 23.2 Å². The van der Waals surface area contributed by atoms with Gasteiger partial charge in [-0.25, -0.2) is 9.78 Å². The molecule has 1 aliphatic heterocycles. The van der Waals surface area contributed by atoms with Crippen molar-refractivity contribution in [1.29, 1.82) is 0 Å². The Labute approximate surface area is 138 Å². The van der Waals surface area contributed by atoms with Crippen LogP contribution in [0.3, 0.4) is 0 Å². The number of rotatable bonds is 4. The van der Waals surface area contributed by atoms with Gasteiger partial charge in [0.25, 0.3) is 5.91 Å². The number of aryl methyl sites for hydroxylation is 1. The summed E-state index contributed by atoms with van der Waals surface area (Å²) >= 11 is 1.39. The quantitative estimate of drug-likeness (QED) is 0.809. The van der Waals surface area contributed by atoms with Gasteiger partial charge in [-0.3, -0.25) is 4.79 Å². The number of nitrogens with zero attached hydrogens (tertiary/aromatic N) is 2. The molecule has 0 N–H and O–H groups in total. The number of likely N-dealkylation sites (tertiary alicyclic amines) is 1. The second kappa shape index (κ2) is 6.91. The summed E-state index contributed by atoms with van der Waals surface area (Å²) < 4.78 is 5.08. The van der Waals surface area contributed by atoms with E-state index < -0.39 is 5.97 Å². The van der Waals surface area contributed by atoms with Gasteiger partial charge in [-0.05, 0) is 19.8 Å². The standard InChI is InChI=1S/C17H18N2O3S/c1-12-4-6-13(7-5-12)16-18-14(11-23-16)17(21)22-10-15(20)19-8-2-3-9-19/h4-7,11H,2-3,8-10H2,1H3. The number of amides is 1. The molecule has 1 fully saturated rings. The molecule has 1 amide bonds. The molecule has 2 heterocycles. The maximum atomic E-state index is 12.0. The SMILES string of the molecule is Cc1ccc(-c2nc(C(=O)OCC(=O)N3CCCC3)cs2)cc1. The first-order chi connectivity index (χ1) is 11.1. The Bertz CT molecular complexity index is 703. The van der Waals surface area contributed by atoms with Crippen molar-refractivity contribution in [3.8, 4) is 10.6 Å². The molecule has 1 saturated heterocycles. The van der Waals surface area contributed by atoms with E-state index in [1.54, 1.807) is 10.3 Å². The van der Waals surface area contributed by atoms with Crippen LogP contribution in [0, 0.1) is 6.92 Å². The number of hydrogen-bond acceptors (Lipinski definition) is 5. The van der Waals surface area contributed by atoms with E-state index in [9.17, 15) is 9.59 Å². The van der Waals surface area contributed by atoms with Gasteiger partial charge in [0, 0.05) is 24.0 Å². The minimum atomic E-state index is -0.549. The molecule has 0 spiro atoms. The van der Waals surface area contributed by atoms with Gasteiger partial charge in [-0.15, -0.1) is 11.3 Å². The Morgan fingerprint density at radius 1 is 1.22 bits per heavy atom. The number of aromatic nitrogens is 1. The highest BCUT2D eigenvalue weighted by molar-refractivity contribution is 7.13. The molecule has 6 heteroatoms. The lowest BCUT2D eigenvalue weighted by Crippen LogP contribution is -2.32. The third-order valence-electron chi connectivity index (χ3n) is 3.80. The van der Waals surface area contributed by atoms with Crippen LogP contribution in [0.1, 0.15) is 28.9 Å². The van der Waals surface area contributed by atoms with E-state index in [4.69, 9.17) is 4.74 Å². The highest BCUT2D eigenvalue weighted by Gasteiger charge is 2.20. The lowest BCUT2D eigenvalue weighted by atomic mass is 10.2. The molecule has 1 aromatic carbocycles. The number of hydrogen-bond donors (Lipinski definition) is 0. The molecule has 120 valence electrons. The zero-order chi connectivity index (χ0) is 16.2. The van der Waals surface area contributed by atoms with E-state index in [2.05, 4.69) is 4.98 Å². The Morgan fingerprint density at radius 3 is 2.61 bits per heavy atom. The fraction of sp³-hybridized carbons (Fsp3) is 0.353. The molecule has 0 aliphatic carbocycles. The molecule has 5 nitrogen and oxygen atoms in total. The largest absolute Gasteiger partial charge is 0.451 e. The van der Waals surface area contributed by atoms with Crippen LogP contribution in [0.25, 0.3) is 10.6 Å². The van der Waals surface area contributed by atoms with Crippen LogP contribution in [-0.2, 0) is 9.53 Å². The molecule has 1 aliphatic rings. The summed E-state index contributed by atoms with van der Waals surface area (Å²) in [6.07, 6.45) is 2.04. The highest BCUT2D eigenvalue weighted by atomic mass is 32.1. The smallest absolute Gasteiger partial charge is 0.358 e. The van der Waals surface area contributed by atoms with Crippen LogP contribution in [-0.4, -0.2) is 41.5 Å². The minimum Gasteiger partial charge on any atom is -0.451 e. The molecule has 2 aromatic rings. The Morgan fingerprint density at radius 2 is 1.91 bits per heavy atom. The average Bonchev–Trinajstić information content (AvgIpc) is 3.24. The third kappa shape index (κ3) is 3.76. The number of ether oxygens (including phenoxy) is 1. The Hall–Kier alpha value is -2.21. The summed E-state index contributed by atoms with van der Waals surface area (Å²) in [5.41, 5.74) is 2.39. The van der Waals surface area contributed by atoms with Crippen LogP contribution < -0.4 is 0 Å². The molecular formula is C17H18N2O3S. The van der Waals surface area contributed by atoms with Crippen molar-refractivity contribution in [3.05, 3.63) is 40.9 Å². The van der Waals surface area contributed by atoms with Crippen molar-refractivity contribution in [2.75, 3.05) is 19.7 Å². The lowest BCUT2D eigenvalue weighted by molar-refractivity contribution is -0.133. The van der Waals surface area contributed by atoms with Gasteiger partial charge >= 0.3 is 5.97 Å². The number of carbonyl (C=O) groups excluding carboxylic acids is 2. The molecule has 0 unspecified atom stereocenters. The normalized spacial score (nSPS) is 14.0. The maximum absolute atomic E-state index is 12.0. The lowest BCUT2D eigenvalue weighted by Gasteiger charge is -2.14. The van der Waals surface area contributed by atoms with Crippen LogP contribution in [0.5, 0.6) is 0 Å². The topological polar surface area (TPSA) is 59.5 Å². The van der Waals surface area contributed by atoms with Gasteiger partial charge < -0.3 is 9.64 Å². The van der Waals surface area contributed by atoms with Crippen molar-refractivity contribution in [3.63, 3.8) is 0 Å². The molecule has 0 bridgehead atoms. The molecule has 23 heavy (non-hydrogen) atoms. The van der Waals surface area contributed by atoms with Crippen LogP contribution in [0.4, 0.5) is 0 Å². The first-order valence-corrected chi connectivity index (χ1v) is 8.49. The fourth-order valence-corrected chi connectivity index (χ4v) is 3.25. The van der Waals surface area contributed by atoms with Crippen molar-refractivity contribution in [2.24, 2.45) is 0 Å². The number of benzene rings is 1. The number of carbonyl (C=O) groups is 2. The molecular weight excluding hydrogens is 312 g/mol. The fourth-order valence-electron chi connectivity index (χ4n) is 2.46. The minimum absolute atomic E-state index is 0.134. The van der Waals surface area contributed by atoms with E-state index in [0.717, 1.165) is 36.5 Å². The third-order valence-corrected chi connectivity index (χ3v) is 4.69. The van der Waals surface area contributed by atoms with E-state index in [0.29, 0.717) is 0 Å². The molecule has 3 rings (SSSR count). The second-order valence-corrected chi connectivity index (χ2v) is 6.43. The first-order valence-electron chi connectivity index (χ1n) is 7.61. The summed E-state index contributed by atoms with van der Waals surface area (Å²) in [7, 11) is 0. The van der Waals surface area contributed by atoms with Gasteiger partial charge in [0.15, 0.2) is 12.3 Å². The summed E-state index contributed by atoms with van der Waals surface area (Å²) in [6, 6.07) is 7.95. The maximum Gasteiger partial charge on any atom is 0.358 e. The van der Waals surface area contributed by atoms with Crippen molar-refractivity contribution in [2.45, 2.75) is 19.8 Å². The van der Waals surface area contributed by atoms with Gasteiger partial charge in [-0.1, -0.05) is 29.8 Å². The average molecular weight is 330 g/mol. The van der Waals surface area contributed by atoms with E-state index in [1.807, 2.05) is 31.2 Å². The molecule has 0 radical (unpaired) electrons.